The fraction of sp³-hybridized carbons (Fsp3) is 0.529. The second-order valence-corrected chi connectivity index (χ2v) is 12.6. The molecule has 2 heterocycles. The molecule has 40 heavy (non-hydrogen) atoms. The average Bonchev–Trinajstić information content (AvgIpc) is 2.94. The molecule has 2 fully saturated rings. The summed E-state index contributed by atoms with van der Waals surface area (Å²) < 4.78 is 0. The van der Waals surface area contributed by atoms with Gasteiger partial charge in [0.2, 0.25) is 0 Å². The van der Waals surface area contributed by atoms with E-state index < -0.39 is 0 Å². The number of hydrogen-bond donors (Lipinski definition) is 4. The Labute approximate surface area is 271 Å². The van der Waals surface area contributed by atoms with Crippen LogP contribution in [0.2, 0.25) is 0 Å². The number of nitrogens with one attached hydrogen (secondary N) is 2. The summed E-state index contributed by atoms with van der Waals surface area (Å²) in [7, 11) is 0. The summed E-state index contributed by atoms with van der Waals surface area (Å²) in [6.45, 7) is 6.40. The topological polar surface area (TPSA) is 76.1 Å². The van der Waals surface area contributed by atoms with Gasteiger partial charge in [-0.3, -0.25) is 11.1 Å². The fourth-order valence-corrected chi connectivity index (χ4v) is 6.31. The van der Waals surface area contributed by atoms with Crippen LogP contribution >= 0.6 is 0 Å². The minimum atomic E-state index is 0. The molecule has 0 atom stereocenters. The molecule has 0 radical (unpaired) electrons. The zero-order chi connectivity index (χ0) is 26.7. The van der Waals surface area contributed by atoms with Gasteiger partial charge in [-0.15, -0.1) is 12.1 Å². The Morgan fingerprint density at radius 3 is 1.30 bits per heavy atom. The Bertz CT molecular complexity index is 1030. The first kappa shape index (κ1) is 33.6. The first-order valence-corrected chi connectivity index (χ1v) is 14.5. The molecule has 2 spiro atoms. The van der Waals surface area contributed by atoms with Crippen molar-refractivity contribution in [1.82, 2.24) is 10.6 Å². The first-order valence-electron chi connectivity index (χ1n) is 14.5. The predicted octanol–water partition coefficient (Wildman–Crippen LogP) is 5.39. The summed E-state index contributed by atoms with van der Waals surface area (Å²) in [5, 5.41) is 7.34. The quantitative estimate of drug-likeness (QED) is 0.306. The molecule has 2 aromatic rings. The van der Waals surface area contributed by atoms with Crippen LogP contribution in [0.25, 0.3) is 11.1 Å². The van der Waals surface area contributed by atoms with Crippen molar-refractivity contribution in [1.29, 1.82) is 0 Å². The summed E-state index contributed by atoms with van der Waals surface area (Å²) in [5.74, 6) is 0. The van der Waals surface area contributed by atoms with E-state index in [-0.39, 0.29) is 64.3 Å². The van der Waals surface area contributed by atoms with Gasteiger partial charge in [-0.25, -0.2) is 24.3 Å². The van der Waals surface area contributed by atoms with Crippen molar-refractivity contribution in [3.05, 3.63) is 83.9 Å². The molecule has 6 heteroatoms. The van der Waals surface area contributed by atoms with Crippen molar-refractivity contribution in [2.75, 3.05) is 13.1 Å². The molecule has 6 N–H and O–H groups in total. The smallest absolute Gasteiger partial charge is 0.326 e. The predicted molar refractivity (Wildman–Crippen MR) is 157 cm³/mol. The van der Waals surface area contributed by atoms with Gasteiger partial charge >= 0.3 is 42.1 Å². The minimum absolute atomic E-state index is 0. The maximum atomic E-state index is 6.25. The van der Waals surface area contributed by atoms with Gasteiger partial charge in [0, 0.05) is 11.1 Å². The third-order valence-electron chi connectivity index (χ3n) is 9.02. The summed E-state index contributed by atoms with van der Waals surface area (Å²) in [5.41, 5.74) is 17.6. The second-order valence-electron chi connectivity index (χ2n) is 12.6. The molecule has 0 aromatic heterocycles. The van der Waals surface area contributed by atoms with Crippen LogP contribution in [-0.4, -0.2) is 35.2 Å². The monoisotopic (exact) mass is 876 g/mol. The van der Waals surface area contributed by atoms with Gasteiger partial charge in [-0.1, -0.05) is 12.8 Å². The van der Waals surface area contributed by atoms with Crippen LogP contribution in [0.3, 0.4) is 0 Å². The van der Waals surface area contributed by atoms with E-state index in [2.05, 4.69) is 73.0 Å². The van der Waals surface area contributed by atoms with Crippen LogP contribution in [0.15, 0.2) is 48.5 Å². The Balaban J connectivity index is 0.000000210. The molecule has 0 amide bonds. The molecule has 6 rings (SSSR count). The van der Waals surface area contributed by atoms with Crippen molar-refractivity contribution in [2.45, 2.75) is 100 Å². The van der Waals surface area contributed by atoms with Crippen LogP contribution < -0.4 is 22.1 Å². The summed E-state index contributed by atoms with van der Waals surface area (Å²) in [4.78, 5) is 0. The maximum absolute atomic E-state index is 6.25. The van der Waals surface area contributed by atoms with E-state index in [9.17, 15) is 0 Å². The Morgan fingerprint density at radius 2 is 0.975 bits per heavy atom. The molecule has 0 saturated heterocycles. The van der Waals surface area contributed by atoms with Crippen molar-refractivity contribution in [3.8, 4) is 0 Å². The van der Waals surface area contributed by atoms with Gasteiger partial charge in [0.25, 0.3) is 0 Å². The Morgan fingerprint density at radius 1 is 0.600 bits per heavy atom. The van der Waals surface area contributed by atoms with E-state index >= 15 is 0 Å². The van der Waals surface area contributed by atoms with E-state index in [0.717, 1.165) is 77.3 Å². The molecule has 2 aromatic carbocycles. The van der Waals surface area contributed by atoms with Crippen LogP contribution in [-0.2, 0) is 42.1 Å². The van der Waals surface area contributed by atoms with Crippen molar-refractivity contribution < 1.29 is 42.1 Å². The molecule has 0 bridgehead atoms. The molecule has 2 aliphatic heterocycles. The van der Waals surface area contributed by atoms with Crippen molar-refractivity contribution in [2.24, 2.45) is 11.5 Å². The standard InChI is InChI=1S/2C17H22N2.2W/c2*1-16(18)8-10-17(11-9-16)13-15(7-12-19-17)14-5-3-2-4-6-14;;/h2*2-5,19H,7-12,18H2,1H3;;/q2*-2;2*+2. The maximum Gasteiger partial charge on any atom is 2.00 e. The molecule has 2 aliphatic carbocycles. The zero-order valence-electron chi connectivity index (χ0n) is 24.1. The number of benzene rings is 2. The van der Waals surface area contributed by atoms with Crippen molar-refractivity contribution >= 4 is 11.1 Å². The molecule has 0 unspecified atom stereocenters. The van der Waals surface area contributed by atoms with Gasteiger partial charge in [0.05, 0.1) is 0 Å². The van der Waals surface area contributed by atoms with E-state index in [0.29, 0.717) is 0 Å². The molecular formula is C34H44N4W2. The van der Waals surface area contributed by atoms with Crippen LogP contribution in [0.5, 0.6) is 0 Å². The SMILES string of the molecule is CC1(N)CCC2([C-]=C(c3[c-]cccc3)CCN2)CC1.CC1(N)CCC2([C-]=C(c3[c-]cccc3)CCN2)CC1.[W+2].[W+2]. The van der Waals surface area contributed by atoms with Crippen LogP contribution in [0, 0.1) is 24.3 Å². The van der Waals surface area contributed by atoms with Gasteiger partial charge in [0.1, 0.15) is 0 Å². The Kier molecular flexibility index (Phi) is 11.8. The van der Waals surface area contributed by atoms with Crippen LogP contribution in [0.4, 0.5) is 0 Å². The van der Waals surface area contributed by atoms with E-state index in [1.165, 1.54) is 22.3 Å². The summed E-state index contributed by atoms with van der Waals surface area (Å²) in [6, 6.07) is 23.1. The number of hydrogen-bond acceptors (Lipinski definition) is 4. The van der Waals surface area contributed by atoms with Gasteiger partial charge in [-0.2, -0.15) is 24.3 Å². The largest absolute Gasteiger partial charge is 2.00 e. The van der Waals surface area contributed by atoms with Crippen LogP contribution in [0.1, 0.15) is 89.2 Å². The first-order chi connectivity index (χ1) is 18.2. The molecule has 212 valence electrons. The van der Waals surface area contributed by atoms with Gasteiger partial charge in [0.15, 0.2) is 0 Å². The third-order valence-corrected chi connectivity index (χ3v) is 9.02. The molecule has 4 aliphatic rings. The summed E-state index contributed by atoms with van der Waals surface area (Å²) in [6.07, 6.45) is 18.2. The van der Waals surface area contributed by atoms with Crippen molar-refractivity contribution in [3.63, 3.8) is 0 Å². The van der Waals surface area contributed by atoms with E-state index in [1.54, 1.807) is 0 Å². The second kappa shape index (κ2) is 14.1. The normalized spacial score (nSPS) is 33.4. The molecule has 2 saturated carbocycles. The zero-order valence-corrected chi connectivity index (χ0v) is 29.9. The van der Waals surface area contributed by atoms with E-state index in [1.807, 2.05) is 24.3 Å². The average molecular weight is 876 g/mol. The molecule has 4 nitrogen and oxygen atoms in total. The number of nitrogens with two attached hydrogens (primary N) is 2. The minimum Gasteiger partial charge on any atom is -0.326 e. The van der Waals surface area contributed by atoms with Gasteiger partial charge < -0.3 is 45.4 Å². The van der Waals surface area contributed by atoms with E-state index in [4.69, 9.17) is 11.5 Å². The van der Waals surface area contributed by atoms with Gasteiger partial charge in [-0.05, 0) is 89.4 Å². The Hall–Kier alpha value is -0.863. The summed E-state index contributed by atoms with van der Waals surface area (Å²) >= 11 is 0. The number of rotatable bonds is 2. The third kappa shape index (κ3) is 8.59. The molecular weight excluding hydrogens is 832 g/mol. The fourth-order valence-electron chi connectivity index (χ4n) is 6.31.